The van der Waals surface area contributed by atoms with Crippen molar-refractivity contribution in [3.8, 4) is 11.5 Å². The lowest BCUT2D eigenvalue weighted by molar-refractivity contribution is 0.150. The zero-order chi connectivity index (χ0) is 22.2. The van der Waals surface area contributed by atoms with Gasteiger partial charge in [0.15, 0.2) is 5.58 Å². The highest BCUT2D eigenvalue weighted by Gasteiger charge is 2.31. The second kappa shape index (κ2) is 8.54. The van der Waals surface area contributed by atoms with Crippen molar-refractivity contribution in [1.82, 2.24) is 13.8 Å². The zero-order valence-corrected chi connectivity index (χ0v) is 18.6. The quantitative estimate of drug-likeness (QED) is 0.548. The van der Waals surface area contributed by atoms with E-state index in [9.17, 15) is 13.2 Å². The number of hydrogen-bond donors (Lipinski definition) is 0. The van der Waals surface area contributed by atoms with Crippen LogP contribution in [0.15, 0.2) is 50.5 Å². The number of nitrogens with zero attached hydrogens (tertiary/aromatic N) is 3. The van der Waals surface area contributed by atoms with Gasteiger partial charge in [0.05, 0.1) is 26.4 Å². The largest absolute Gasteiger partial charge is 0.497 e. The van der Waals surface area contributed by atoms with E-state index in [1.807, 2.05) is 4.90 Å². The Labute approximate surface area is 184 Å². The third-order valence-electron chi connectivity index (χ3n) is 5.29. The number of sulfonamides is 1. The van der Waals surface area contributed by atoms with Crippen LogP contribution < -0.4 is 15.2 Å². The smallest absolute Gasteiger partial charge is 0.421 e. The molecule has 0 radical (unpaired) electrons. The topological polar surface area (TPSA) is 94.2 Å². The third-order valence-corrected chi connectivity index (χ3v) is 7.45. The zero-order valence-electron chi connectivity index (χ0n) is 17.1. The molecule has 0 atom stereocenters. The van der Waals surface area contributed by atoms with E-state index in [4.69, 9.17) is 25.5 Å². The Morgan fingerprint density at radius 3 is 2.45 bits per heavy atom. The summed E-state index contributed by atoms with van der Waals surface area (Å²) in [5, 5.41) is 0.505. The van der Waals surface area contributed by atoms with Crippen LogP contribution in [0.1, 0.15) is 0 Å². The minimum Gasteiger partial charge on any atom is -0.497 e. The van der Waals surface area contributed by atoms with Gasteiger partial charge in [-0.3, -0.25) is 9.47 Å². The van der Waals surface area contributed by atoms with Crippen LogP contribution in [0.3, 0.4) is 0 Å². The molecule has 166 valence electrons. The second-order valence-corrected chi connectivity index (χ2v) is 9.43. The molecule has 0 amide bonds. The number of benzene rings is 2. The van der Waals surface area contributed by atoms with Crippen LogP contribution in [0.4, 0.5) is 0 Å². The van der Waals surface area contributed by atoms with E-state index in [1.54, 1.807) is 30.3 Å². The van der Waals surface area contributed by atoms with Gasteiger partial charge in [-0.2, -0.15) is 4.31 Å². The maximum absolute atomic E-state index is 13.2. The van der Waals surface area contributed by atoms with Gasteiger partial charge in [0.25, 0.3) is 0 Å². The monoisotopic (exact) mass is 467 g/mol. The first-order valence-corrected chi connectivity index (χ1v) is 11.4. The Morgan fingerprint density at radius 1 is 1.03 bits per heavy atom. The van der Waals surface area contributed by atoms with Crippen LogP contribution in [0, 0.1) is 0 Å². The molecule has 2 heterocycles. The molecule has 1 saturated heterocycles. The molecule has 0 bridgehead atoms. The number of ether oxygens (including phenoxy) is 2. The van der Waals surface area contributed by atoms with E-state index >= 15 is 0 Å². The number of piperazine rings is 1. The van der Waals surface area contributed by atoms with Gasteiger partial charge in [0, 0.05) is 37.3 Å². The van der Waals surface area contributed by atoms with E-state index in [1.165, 1.54) is 29.2 Å². The molecule has 31 heavy (non-hydrogen) atoms. The molecule has 0 aliphatic carbocycles. The highest BCUT2D eigenvalue weighted by molar-refractivity contribution is 7.89. The van der Waals surface area contributed by atoms with Crippen LogP contribution in [-0.2, 0) is 16.7 Å². The summed E-state index contributed by atoms with van der Waals surface area (Å²) >= 11 is 6.05. The molecular formula is C20H22ClN3O6S. The van der Waals surface area contributed by atoms with Gasteiger partial charge in [-0.05, 0) is 30.3 Å². The highest BCUT2D eigenvalue weighted by atomic mass is 35.5. The number of aromatic nitrogens is 1. The minimum absolute atomic E-state index is 0.0643. The van der Waals surface area contributed by atoms with Crippen molar-refractivity contribution in [3.63, 3.8) is 0 Å². The van der Waals surface area contributed by atoms with Crippen LogP contribution in [0.25, 0.3) is 11.1 Å². The third kappa shape index (κ3) is 4.16. The summed E-state index contributed by atoms with van der Waals surface area (Å²) in [5.41, 5.74) is 1.06. The lowest BCUT2D eigenvalue weighted by atomic mass is 10.3. The van der Waals surface area contributed by atoms with Crippen LogP contribution in [0.2, 0.25) is 5.02 Å². The molecule has 1 aliphatic heterocycles. The number of methoxy groups -OCH3 is 2. The molecule has 11 heteroatoms. The maximum atomic E-state index is 13.2. The Hall–Kier alpha value is -2.53. The van der Waals surface area contributed by atoms with Crippen LogP contribution >= 0.6 is 11.6 Å². The summed E-state index contributed by atoms with van der Waals surface area (Å²) in [4.78, 5) is 14.3. The Kier molecular flexibility index (Phi) is 5.98. The summed E-state index contributed by atoms with van der Waals surface area (Å²) in [6, 6.07) is 9.67. The fourth-order valence-electron chi connectivity index (χ4n) is 3.61. The fraction of sp³-hybridized carbons (Fsp3) is 0.350. The highest BCUT2D eigenvalue weighted by Crippen LogP contribution is 2.31. The Balaban J connectivity index is 1.51. The molecule has 1 aliphatic rings. The Bertz CT molecular complexity index is 1260. The van der Waals surface area contributed by atoms with Gasteiger partial charge in [-0.1, -0.05) is 11.6 Å². The van der Waals surface area contributed by atoms with Crippen molar-refractivity contribution in [3.05, 3.63) is 52.0 Å². The number of oxazole rings is 1. The van der Waals surface area contributed by atoms with Gasteiger partial charge < -0.3 is 13.9 Å². The fourth-order valence-corrected chi connectivity index (χ4v) is 5.36. The minimum atomic E-state index is -3.77. The summed E-state index contributed by atoms with van der Waals surface area (Å²) in [5.74, 6) is 0.216. The van der Waals surface area contributed by atoms with Crippen LogP contribution in [-0.4, -0.2) is 62.6 Å². The molecule has 0 N–H and O–H groups in total. The summed E-state index contributed by atoms with van der Waals surface area (Å²) in [6.07, 6.45) is 0. The maximum Gasteiger partial charge on any atom is 0.421 e. The summed E-state index contributed by atoms with van der Waals surface area (Å²) in [6.45, 7) is 1.72. The van der Waals surface area contributed by atoms with E-state index in [0.717, 1.165) is 0 Å². The first kappa shape index (κ1) is 21.7. The van der Waals surface area contributed by atoms with Crippen molar-refractivity contribution in [2.45, 2.75) is 11.6 Å². The first-order chi connectivity index (χ1) is 14.8. The van der Waals surface area contributed by atoms with Crippen molar-refractivity contribution >= 4 is 32.7 Å². The molecule has 0 unspecified atom stereocenters. The van der Waals surface area contributed by atoms with Crippen molar-refractivity contribution in [2.75, 3.05) is 40.4 Å². The van der Waals surface area contributed by atoms with E-state index in [0.29, 0.717) is 35.0 Å². The number of rotatable bonds is 6. The molecule has 1 fully saturated rings. The Morgan fingerprint density at radius 2 is 1.77 bits per heavy atom. The molecular weight excluding hydrogens is 446 g/mol. The lowest BCUT2D eigenvalue weighted by Crippen LogP contribution is -2.49. The molecule has 9 nitrogen and oxygen atoms in total. The first-order valence-electron chi connectivity index (χ1n) is 9.57. The molecule has 0 saturated carbocycles. The summed E-state index contributed by atoms with van der Waals surface area (Å²) in [7, 11) is -0.868. The molecule has 3 aromatic rings. The average molecular weight is 468 g/mol. The van der Waals surface area contributed by atoms with Gasteiger partial charge in [-0.25, -0.2) is 13.2 Å². The van der Waals surface area contributed by atoms with E-state index < -0.39 is 15.8 Å². The molecule has 2 aromatic carbocycles. The van der Waals surface area contributed by atoms with Crippen molar-refractivity contribution in [1.29, 1.82) is 0 Å². The summed E-state index contributed by atoms with van der Waals surface area (Å²) < 4.78 is 45.0. The van der Waals surface area contributed by atoms with Crippen molar-refractivity contribution < 1.29 is 22.3 Å². The predicted octanol–water partition coefficient (Wildman–Crippen LogP) is 2.23. The van der Waals surface area contributed by atoms with Gasteiger partial charge in [0.2, 0.25) is 10.0 Å². The molecule has 1 aromatic heterocycles. The number of halogens is 1. The number of fused-ring (bicyclic) bond motifs is 1. The van der Waals surface area contributed by atoms with E-state index in [2.05, 4.69) is 0 Å². The van der Waals surface area contributed by atoms with Gasteiger partial charge in [0.1, 0.15) is 16.4 Å². The molecule has 0 spiro atoms. The van der Waals surface area contributed by atoms with Gasteiger partial charge in [-0.15, -0.1) is 0 Å². The normalized spacial score (nSPS) is 16.0. The SMILES string of the molecule is COc1ccc(OC)c(S(=O)(=O)N2CCN(Cn3c(=O)oc4ccc(Cl)cc43)CC2)c1. The number of hydrogen-bond acceptors (Lipinski definition) is 7. The second-order valence-electron chi connectivity index (χ2n) is 7.09. The average Bonchev–Trinajstić information content (AvgIpc) is 3.08. The molecule has 4 rings (SSSR count). The van der Waals surface area contributed by atoms with Crippen LogP contribution in [0.5, 0.6) is 11.5 Å². The standard InChI is InChI=1S/C20H22ClN3O6S/c1-28-15-4-6-18(29-2)19(12-15)31(26,27)23-9-7-22(8-10-23)13-24-16-11-14(21)3-5-17(16)30-20(24)25/h3-6,11-12H,7-10,13H2,1-2H3. The van der Waals surface area contributed by atoms with E-state index in [-0.39, 0.29) is 30.4 Å². The predicted molar refractivity (Wildman–Crippen MR) is 115 cm³/mol. The lowest BCUT2D eigenvalue weighted by Gasteiger charge is -2.34. The van der Waals surface area contributed by atoms with Gasteiger partial charge >= 0.3 is 5.76 Å². The van der Waals surface area contributed by atoms with Crippen molar-refractivity contribution in [2.24, 2.45) is 0 Å².